The van der Waals surface area contributed by atoms with Crippen LogP contribution >= 0.6 is 0 Å². The van der Waals surface area contributed by atoms with Crippen LogP contribution in [-0.2, 0) is 4.74 Å². The predicted octanol–water partition coefficient (Wildman–Crippen LogP) is 4.14. The number of ether oxygens (including phenoxy) is 1. The first-order chi connectivity index (χ1) is 10.7. The number of amides is 1. The number of hydrogen-bond donors (Lipinski definition) is 1. The molecule has 0 aromatic heterocycles. The molecule has 1 aromatic carbocycles. The summed E-state index contributed by atoms with van der Waals surface area (Å²) < 4.78 is 5.85. The number of carbonyl (C=O) groups is 1. The van der Waals surface area contributed by atoms with Crippen molar-refractivity contribution in [1.82, 2.24) is 5.32 Å². The lowest BCUT2D eigenvalue weighted by Crippen LogP contribution is -2.51. The van der Waals surface area contributed by atoms with Crippen molar-refractivity contribution < 1.29 is 9.53 Å². The van der Waals surface area contributed by atoms with Crippen molar-refractivity contribution in [3.05, 3.63) is 41.9 Å². The van der Waals surface area contributed by atoms with Gasteiger partial charge in [0.2, 0.25) is 0 Å². The van der Waals surface area contributed by atoms with Gasteiger partial charge in [0.25, 0.3) is 0 Å². The second-order valence-corrected chi connectivity index (χ2v) is 7.42. The topological polar surface area (TPSA) is 38.3 Å². The van der Waals surface area contributed by atoms with Crippen LogP contribution in [-0.4, -0.2) is 12.2 Å². The second-order valence-electron chi connectivity index (χ2n) is 7.42. The Morgan fingerprint density at radius 1 is 1.00 bits per heavy atom. The molecule has 117 valence electrons. The quantitative estimate of drug-likeness (QED) is 0.911. The molecule has 3 heteroatoms. The third-order valence-electron chi connectivity index (χ3n) is 5.88. The van der Waals surface area contributed by atoms with Crippen LogP contribution in [0.3, 0.4) is 0 Å². The zero-order chi connectivity index (χ0) is 15.1. The van der Waals surface area contributed by atoms with E-state index in [0.717, 1.165) is 23.4 Å². The van der Waals surface area contributed by atoms with Gasteiger partial charge in [-0.2, -0.15) is 0 Å². The molecule has 3 nitrogen and oxygen atoms in total. The number of carbonyl (C=O) groups excluding carboxylic acids is 1. The lowest BCUT2D eigenvalue weighted by Gasteiger charge is -2.53. The van der Waals surface area contributed by atoms with E-state index in [9.17, 15) is 4.79 Å². The van der Waals surface area contributed by atoms with Crippen molar-refractivity contribution in [2.75, 3.05) is 0 Å². The molecule has 1 N–H and O–H groups in total. The predicted molar refractivity (Wildman–Crippen MR) is 84.9 cm³/mol. The first kappa shape index (κ1) is 14.1. The lowest BCUT2D eigenvalue weighted by atomic mass is 9.55. The van der Waals surface area contributed by atoms with Crippen LogP contribution in [0.2, 0.25) is 0 Å². The Hall–Kier alpha value is -1.51. The fraction of sp³-hybridized carbons (Fsp3) is 0.579. The van der Waals surface area contributed by atoms with Crippen LogP contribution in [0.25, 0.3) is 0 Å². The van der Waals surface area contributed by atoms with Gasteiger partial charge in [-0.05, 0) is 68.3 Å². The Morgan fingerprint density at radius 3 is 2.18 bits per heavy atom. The standard InChI is InChI=1S/C19H24NO2/c1-12(15-5-3-2-4-6-15)20-19(21)22-18-16-8-13-7-14(10-16)11-17(18)9-13/h2-6,13-14,16-18H,7-11H2,1H3,(H,20,21). The van der Waals surface area contributed by atoms with Crippen molar-refractivity contribution in [2.24, 2.45) is 23.7 Å². The summed E-state index contributed by atoms with van der Waals surface area (Å²) in [5, 5.41) is 2.91. The smallest absolute Gasteiger partial charge is 0.408 e. The summed E-state index contributed by atoms with van der Waals surface area (Å²) in [6, 6.07) is 10.8. The fourth-order valence-electron chi connectivity index (χ4n) is 5.13. The van der Waals surface area contributed by atoms with Crippen molar-refractivity contribution in [1.29, 1.82) is 0 Å². The van der Waals surface area contributed by atoms with Gasteiger partial charge in [-0.25, -0.2) is 4.79 Å². The van der Waals surface area contributed by atoms with Gasteiger partial charge < -0.3 is 10.1 Å². The van der Waals surface area contributed by atoms with Crippen LogP contribution in [0, 0.1) is 29.7 Å². The van der Waals surface area contributed by atoms with Gasteiger partial charge in [-0.1, -0.05) is 30.3 Å². The molecule has 0 spiro atoms. The molecule has 5 rings (SSSR count). The number of hydrogen-bond acceptors (Lipinski definition) is 2. The molecule has 0 unspecified atom stereocenters. The Kier molecular flexibility index (Phi) is 3.59. The van der Waals surface area contributed by atoms with E-state index in [1.54, 1.807) is 0 Å². The summed E-state index contributed by atoms with van der Waals surface area (Å²) >= 11 is 0. The van der Waals surface area contributed by atoms with E-state index < -0.39 is 0 Å². The van der Waals surface area contributed by atoms with E-state index in [2.05, 4.69) is 5.32 Å². The lowest BCUT2D eigenvalue weighted by molar-refractivity contribution is -0.0958. The van der Waals surface area contributed by atoms with Crippen molar-refractivity contribution in [2.45, 2.75) is 45.1 Å². The molecule has 22 heavy (non-hydrogen) atoms. The first-order valence-corrected chi connectivity index (χ1v) is 8.55. The third-order valence-corrected chi connectivity index (χ3v) is 5.88. The molecule has 0 atom stereocenters. The molecule has 4 fully saturated rings. The summed E-state index contributed by atoms with van der Waals surface area (Å²) in [4.78, 5) is 12.3. The number of rotatable bonds is 3. The summed E-state index contributed by atoms with van der Waals surface area (Å²) in [5.74, 6) is 3.03. The first-order valence-electron chi connectivity index (χ1n) is 8.55. The molecule has 1 radical (unpaired) electrons. The van der Waals surface area contributed by atoms with Gasteiger partial charge in [-0.15, -0.1) is 0 Å². The largest absolute Gasteiger partial charge is 0.446 e. The Balaban J connectivity index is 1.36. The maximum absolute atomic E-state index is 12.3. The van der Waals surface area contributed by atoms with E-state index in [4.69, 9.17) is 4.74 Å². The Bertz CT molecular complexity index is 514. The molecule has 4 aliphatic carbocycles. The van der Waals surface area contributed by atoms with Crippen LogP contribution in [0.1, 0.15) is 44.6 Å². The minimum absolute atomic E-state index is 0.149. The maximum Gasteiger partial charge on any atom is 0.408 e. The van der Waals surface area contributed by atoms with Crippen molar-refractivity contribution in [3.8, 4) is 0 Å². The molecule has 0 saturated heterocycles. The maximum atomic E-state index is 12.3. The summed E-state index contributed by atoms with van der Waals surface area (Å²) in [7, 11) is 0. The van der Waals surface area contributed by atoms with Crippen LogP contribution < -0.4 is 5.32 Å². The minimum Gasteiger partial charge on any atom is -0.446 e. The number of benzene rings is 1. The Morgan fingerprint density at radius 2 is 1.59 bits per heavy atom. The van der Waals surface area contributed by atoms with Gasteiger partial charge in [0.05, 0.1) is 6.04 Å². The van der Waals surface area contributed by atoms with E-state index in [0.29, 0.717) is 11.8 Å². The normalized spacial score (nSPS) is 35.6. The molecule has 0 heterocycles. The minimum atomic E-state index is -0.279. The van der Waals surface area contributed by atoms with Gasteiger partial charge in [0.1, 0.15) is 6.10 Å². The number of nitrogens with one attached hydrogen (secondary N) is 1. The van der Waals surface area contributed by atoms with Gasteiger partial charge in [-0.3, -0.25) is 0 Å². The van der Waals surface area contributed by atoms with Gasteiger partial charge in [0.15, 0.2) is 0 Å². The third kappa shape index (κ3) is 2.62. The van der Waals surface area contributed by atoms with Crippen molar-refractivity contribution >= 4 is 6.09 Å². The zero-order valence-electron chi connectivity index (χ0n) is 13.1. The van der Waals surface area contributed by atoms with Gasteiger partial charge in [0, 0.05) is 0 Å². The molecule has 0 aliphatic heterocycles. The van der Waals surface area contributed by atoms with Gasteiger partial charge >= 0.3 is 6.09 Å². The highest BCUT2D eigenvalue weighted by Gasteiger charge is 2.49. The molecule has 1 aromatic rings. The number of alkyl carbamates (subject to hydrolysis) is 1. The average molecular weight is 298 g/mol. The van der Waals surface area contributed by atoms with E-state index in [-0.39, 0.29) is 12.2 Å². The molecule has 4 saturated carbocycles. The Labute approximate surface area is 132 Å². The van der Waals surface area contributed by atoms with Crippen LogP contribution in [0.5, 0.6) is 0 Å². The SMILES string of the molecule is C[C](NC(=O)OC1C2CC3CC(C2)CC1C3)c1ccccc1. The molecule has 4 bridgehead atoms. The van der Waals surface area contributed by atoms with E-state index in [1.165, 1.54) is 32.1 Å². The highest BCUT2D eigenvalue weighted by Crippen LogP contribution is 2.54. The molecular formula is C19H24NO2. The van der Waals surface area contributed by atoms with E-state index >= 15 is 0 Å². The molecule has 4 aliphatic rings. The zero-order valence-corrected chi connectivity index (χ0v) is 13.1. The van der Waals surface area contributed by atoms with Crippen molar-refractivity contribution in [3.63, 3.8) is 0 Å². The average Bonchev–Trinajstić information content (AvgIpc) is 2.51. The molecular weight excluding hydrogens is 274 g/mol. The highest BCUT2D eigenvalue weighted by molar-refractivity contribution is 5.70. The summed E-state index contributed by atoms with van der Waals surface area (Å²) in [5.41, 5.74) is 1.03. The second kappa shape index (κ2) is 5.60. The summed E-state index contributed by atoms with van der Waals surface area (Å²) in [6.07, 6.45) is 6.37. The highest BCUT2D eigenvalue weighted by atomic mass is 16.6. The summed E-state index contributed by atoms with van der Waals surface area (Å²) in [6.45, 7) is 1.92. The van der Waals surface area contributed by atoms with Crippen LogP contribution in [0.15, 0.2) is 30.3 Å². The van der Waals surface area contributed by atoms with E-state index in [1.807, 2.05) is 37.3 Å². The monoisotopic (exact) mass is 298 g/mol. The molecule has 1 amide bonds. The van der Waals surface area contributed by atoms with Crippen LogP contribution in [0.4, 0.5) is 4.79 Å². The fourth-order valence-corrected chi connectivity index (χ4v) is 5.13.